The summed E-state index contributed by atoms with van der Waals surface area (Å²) in [5.74, 6) is 4.33. The van der Waals surface area contributed by atoms with Crippen molar-refractivity contribution in [2.45, 2.75) is 0 Å². The van der Waals surface area contributed by atoms with Gasteiger partial charge in [-0.25, -0.2) is 14.0 Å². The van der Waals surface area contributed by atoms with E-state index in [1.165, 1.54) is 26.4 Å². The molecule has 3 aromatic carbocycles. The Morgan fingerprint density at radius 2 is 1.22 bits per heavy atom. The van der Waals surface area contributed by atoms with Crippen molar-refractivity contribution >= 4 is 11.9 Å². The minimum Gasteiger partial charge on any atom is -0.423 e. The van der Waals surface area contributed by atoms with Crippen LogP contribution in [-0.2, 0) is 19.1 Å². The largest absolute Gasteiger partial charge is 0.423 e. The Kier molecular flexibility index (Phi) is 9.50. The van der Waals surface area contributed by atoms with Crippen LogP contribution >= 0.6 is 0 Å². The van der Waals surface area contributed by atoms with Crippen molar-refractivity contribution in [3.05, 3.63) is 108 Å². The highest BCUT2D eigenvalue weighted by Gasteiger charge is 2.14. The second kappa shape index (κ2) is 13.0. The fourth-order valence-electron chi connectivity index (χ4n) is 3.08. The third kappa shape index (κ3) is 7.74. The molecule has 0 aliphatic rings. The Bertz CT molecular complexity index is 1360. The van der Waals surface area contributed by atoms with Crippen molar-refractivity contribution in [3.63, 3.8) is 0 Å². The molecule has 7 heteroatoms. The van der Waals surface area contributed by atoms with Crippen molar-refractivity contribution < 1.29 is 32.9 Å². The van der Waals surface area contributed by atoms with Crippen molar-refractivity contribution in [3.8, 4) is 34.5 Å². The summed E-state index contributed by atoms with van der Waals surface area (Å²) in [6.45, 7) is 7.26. The number of benzene rings is 3. The monoisotopic (exact) mass is 500 g/mol. The SMILES string of the molecule is C=C(COC)C(=O)Oc1ccc(C#Cc2ccc(-c3ccc(OC(=O)C(=C)COC)c(F)c3)cc2)cc1. The molecular formula is C30H25FO6. The quantitative estimate of drug-likeness (QED) is 0.176. The van der Waals surface area contributed by atoms with Gasteiger partial charge in [0.05, 0.1) is 24.4 Å². The first-order valence-electron chi connectivity index (χ1n) is 11.1. The van der Waals surface area contributed by atoms with E-state index in [4.69, 9.17) is 18.9 Å². The topological polar surface area (TPSA) is 71.1 Å². The summed E-state index contributed by atoms with van der Waals surface area (Å²) in [4.78, 5) is 23.8. The van der Waals surface area contributed by atoms with Crippen LogP contribution in [0.2, 0.25) is 0 Å². The number of rotatable bonds is 9. The standard InChI is InChI=1S/C30H25FO6/c1-20(18-34-3)29(32)36-26-14-9-23(10-15-26)6-5-22-7-11-24(12-8-22)25-13-16-28(27(31)17-25)37-30(33)21(2)19-35-4/h7-17H,1-2,18-19H2,3-4H3. The van der Waals surface area contributed by atoms with Crippen LogP contribution < -0.4 is 9.47 Å². The lowest BCUT2D eigenvalue weighted by atomic mass is 10.0. The average Bonchev–Trinajstić information content (AvgIpc) is 2.90. The number of ether oxygens (including phenoxy) is 4. The van der Waals surface area contributed by atoms with Crippen LogP contribution in [0.4, 0.5) is 4.39 Å². The van der Waals surface area contributed by atoms with E-state index in [0.717, 1.165) is 16.7 Å². The Labute approximate surface area is 214 Å². The lowest BCUT2D eigenvalue weighted by Crippen LogP contribution is -2.14. The van der Waals surface area contributed by atoms with Crippen LogP contribution in [0.15, 0.2) is 91.0 Å². The van der Waals surface area contributed by atoms with Crippen LogP contribution in [0.5, 0.6) is 11.5 Å². The van der Waals surface area contributed by atoms with Gasteiger partial charge >= 0.3 is 11.9 Å². The molecule has 0 atom stereocenters. The summed E-state index contributed by atoms with van der Waals surface area (Å²) >= 11 is 0. The fraction of sp³-hybridized carbons (Fsp3) is 0.133. The van der Waals surface area contributed by atoms with Crippen molar-refractivity contribution in [1.82, 2.24) is 0 Å². The third-order valence-electron chi connectivity index (χ3n) is 4.98. The predicted octanol–water partition coefficient (Wildman–Crippen LogP) is 5.11. The van der Waals surface area contributed by atoms with Gasteiger partial charge in [0.2, 0.25) is 0 Å². The molecule has 0 aromatic heterocycles. The van der Waals surface area contributed by atoms with E-state index in [-0.39, 0.29) is 30.1 Å². The fourth-order valence-corrected chi connectivity index (χ4v) is 3.08. The molecule has 0 bridgehead atoms. The number of hydrogen-bond donors (Lipinski definition) is 0. The number of esters is 2. The number of carbonyl (C=O) groups excluding carboxylic acids is 2. The Morgan fingerprint density at radius 1 is 0.730 bits per heavy atom. The van der Waals surface area contributed by atoms with Crippen LogP contribution in [-0.4, -0.2) is 39.4 Å². The van der Waals surface area contributed by atoms with Crippen molar-refractivity contribution in [2.24, 2.45) is 0 Å². The van der Waals surface area contributed by atoms with E-state index in [1.807, 2.05) is 24.3 Å². The lowest BCUT2D eigenvalue weighted by Gasteiger charge is -2.09. The molecule has 0 spiro atoms. The third-order valence-corrected chi connectivity index (χ3v) is 4.98. The zero-order valence-electron chi connectivity index (χ0n) is 20.5. The molecule has 0 saturated carbocycles. The zero-order chi connectivity index (χ0) is 26.8. The van der Waals surface area contributed by atoms with E-state index in [1.54, 1.807) is 30.3 Å². The summed E-state index contributed by atoms with van der Waals surface area (Å²) in [6, 6.07) is 18.4. The van der Waals surface area contributed by atoms with Gasteiger partial charge in [0.1, 0.15) is 5.75 Å². The second-order valence-corrected chi connectivity index (χ2v) is 7.85. The number of carbonyl (C=O) groups is 2. The van der Waals surface area contributed by atoms with Gasteiger partial charge in [0, 0.05) is 25.3 Å². The highest BCUT2D eigenvalue weighted by atomic mass is 19.1. The molecule has 0 fully saturated rings. The zero-order valence-corrected chi connectivity index (χ0v) is 20.5. The van der Waals surface area contributed by atoms with E-state index in [9.17, 15) is 14.0 Å². The summed E-state index contributed by atoms with van der Waals surface area (Å²) in [5.41, 5.74) is 3.20. The molecule has 188 valence electrons. The summed E-state index contributed by atoms with van der Waals surface area (Å²) in [6.07, 6.45) is 0. The maximum atomic E-state index is 14.5. The van der Waals surface area contributed by atoms with Gasteiger partial charge in [-0.15, -0.1) is 0 Å². The summed E-state index contributed by atoms with van der Waals surface area (Å²) < 4.78 is 34.5. The molecule has 6 nitrogen and oxygen atoms in total. The summed E-state index contributed by atoms with van der Waals surface area (Å²) in [5, 5.41) is 0. The van der Waals surface area contributed by atoms with E-state index in [2.05, 4.69) is 25.0 Å². The van der Waals surface area contributed by atoms with Gasteiger partial charge in [-0.05, 0) is 59.7 Å². The summed E-state index contributed by atoms with van der Waals surface area (Å²) in [7, 11) is 2.90. The van der Waals surface area contributed by atoms with E-state index in [0.29, 0.717) is 11.3 Å². The molecule has 0 amide bonds. The van der Waals surface area contributed by atoms with Gasteiger partial charge in [-0.2, -0.15) is 0 Å². The minimum absolute atomic E-state index is 0.000317. The van der Waals surface area contributed by atoms with Crippen LogP contribution in [0, 0.1) is 17.7 Å². The molecule has 0 radical (unpaired) electrons. The molecular weight excluding hydrogens is 475 g/mol. The molecule has 37 heavy (non-hydrogen) atoms. The first kappa shape index (κ1) is 27.1. The first-order chi connectivity index (χ1) is 17.8. The molecule has 0 aliphatic heterocycles. The molecule has 3 rings (SSSR count). The van der Waals surface area contributed by atoms with Crippen LogP contribution in [0.1, 0.15) is 11.1 Å². The average molecular weight is 501 g/mol. The van der Waals surface area contributed by atoms with Crippen LogP contribution in [0.25, 0.3) is 11.1 Å². The Balaban J connectivity index is 1.64. The van der Waals surface area contributed by atoms with Gasteiger partial charge in [0.15, 0.2) is 11.6 Å². The Hall–Kier alpha value is -4.51. The maximum Gasteiger partial charge on any atom is 0.341 e. The first-order valence-corrected chi connectivity index (χ1v) is 11.1. The van der Waals surface area contributed by atoms with Gasteiger partial charge in [-0.3, -0.25) is 0 Å². The smallest absolute Gasteiger partial charge is 0.341 e. The second-order valence-electron chi connectivity index (χ2n) is 7.85. The molecule has 0 N–H and O–H groups in total. The molecule has 0 aliphatic carbocycles. The number of hydrogen-bond acceptors (Lipinski definition) is 6. The van der Waals surface area contributed by atoms with Gasteiger partial charge < -0.3 is 18.9 Å². The van der Waals surface area contributed by atoms with Crippen molar-refractivity contribution in [2.75, 3.05) is 27.4 Å². The molecule has 0 heterocycles. The predicted molar refractivity (Wildman–Crippen MR) is 138 cm³/mol. The molecule has 0 unspecified atom stereocenters. The van der Waals surface area contributed by atoms with Crippen molar-refractivity contribution in [1.29, 1.82) is 0 Å². The Morgan fingerprint density at radius 3 is 1.73 bits per heavy atom. The molecule has 0 saturated heterocycles. The highest BCUT2D eigenvalue weighted by Crippen LogP contribution is 2.26. The normalized spacial score (nSPS) is 10.1. The minimum atomic E-state index is -0.750. The van der Waals surface area contributed by atoms with Gasteiger partial charge in [-0.1, -0.05) is 43.2 Å². The maximum absolute atomic E-state index is 14.5. The number of halogens is 1. The van der Waals surface area contributed by atoms with E-state index < -0.39 is 17.8 Å². The highest BCUT2D eigenvalue weighted by molar-refractivity contribution is 5.90. The lowest BCUT2D eigenvalue weighted by molar-refractivity contribution is -0.131. The van der Waals surface area contributed by atoms with E-state index >= 15 is 0 Å². The van der Waals surface area contributed by atoms with Gasteiger partial charge in [0.25, 0.3) is 0 Å². The molecule has 3 aromatic rings. The van der Waals surface area contributed by atoms with Crippen LogP contribution in [0.3, 0.4) is 0 Å². The number of methoxy groups -OCH3 is 2.